The SMILES string of the molecule is CCN(CC)C(=O)CCc1cc(C(F)(F)F)cc2c1N(c1ccccc1)CN2. The first-order chi connectivity index (χ1) is 13.3. The van der Waals surface area contributed by atoms with Crippen molar-refractivity contribution < 1.29 is 18.0 Å². The lowest BCUT2D eigenvalue weighted by atomic mass is 10.0. The summed E-state index contributed by atoms with van der Waals surface area (Å²) in [6.45, 7) is 5.36. The molecule has 0 fully saturated rings. The van der Waals surface area contributed by atoms with Gasteiger partial charge in [0.1, 0.15) is 0 Å². The summed E-state index contributed by atoms with van der Waals surface area (Å²) in [6.07, 6.45) is -4.00. The van der Waals surface area contributed by atoms with Gasteiger partial charge in [0, 0.05) is 25.2 Å². The van der Waals surface area contributed by atoms with Crippen molar-refractivity contribution >= 4 is 23.0 Å². The molecule has 4 nitrogen and oxygen atoms in total. The van der Waals surface area contributed by atoms with Crippen LogP contribution in [0.3, 0.4) is 0 Å². The van der Waals surface area contributed by atoms with E-state index < -0.39 is 11.7 Å². The Kier molecular flexibility index (Phi) is 5.82. The van der Waals surface area contributed by atoms with Crippen LogP contribution in [-0.2, 0) is 17.4 Å². The van der Waals surface area contributed by atoms with Gasteiger partial charge in [-0.1, -0.05) is 18.2 Å². The van der Waals surface area contributed by atoms with E-state index in [9.17, 15) is 18.0 Å². The molecular weight excluding hydrogens is 367 g/mol. The fourth-order valence-corrected chi connectivity index (χ4v) is 3.55. The van der Waals surface area contributed by atoms with Crippen LogP contribution < -0.4 is 10.2 Å². The number of carbonyl (C=O) groups excluding carboxylic acids is 1. The highest BCUT2D eigenvalue weighted by atomic mass is 19.4. The second-order valence-electron chi connectivity index (χ2n) is 6.69. The Hall–Kier alpha value is -2.70. The van der Waals surface area contributed by atoms with Crippen LogP contribution in [0.4, 0.5) is 30.2 Å². The summed E-state index contributed by atoms with van der Waals surface area (Å²) in [7, 11) is 0. The molecule has 7 heteroatoms. The van der Waals surface area contributed by atoms with Crippen molar-refractivity contribution in [1.82, 2.24) is 4.90 Å². The minimum absolute atomic E-state index is 0.0478. The standard InChI is InChI=1S/C21H24F3N3O/c1-3-26(4-2)19(28)11-10-15-12-16(21(22,23)24)13-18-20(15)27(14-25-18)17-8-6-5-7-9-17/h5-9,12-13,25H,3-4,10-11,14H2,1-2H3. The first-order valence-electron chi connectivity index (χ1n) is 9.43. The number of carbonyl (C=O) groups is 1. The highest BCUT2D eigenvalue weighted by Crippen LogP contribution is 2.44. The van der Waals surface area contributed by atoms with Gasteiger partial charge >= 0.3 is 6.18 Å². The topological polar surface area (TPSA) is 35.6 Å². The molecule has 0 unspecified atom stereocenters. The summed E-state index contributed by atoms with van der Waals surface area (Å²) in [5.74, 6) is -0.0478. The first-order valence-corrected chi connectivity index (χ1v) is 9.43. The summed E-state index contributed by atoms with van der Waals surface area (Å²) >= 11 is 0. The lowest BCUT2D eigenvalue weighted by Gasteiger charge is -2.23. The maximum Gasteiger partial charge on any atom is 0.416 e. The van der Waals surface area contributed by atoms with Gasteiger partial charge in [0.15, 0.2) is 0 Å². The number of amides is 1. The fourth-order valence-electron chi connectivity index (χ4n) is 3.55. The van der Waals surface area contributed by atoms with Crippen LogP contribution in [0.2, 0.25) is 0 Å². The molecule has 0 atom stereocenters. The Morgan fingerprint density at radius 1 is 1.14 bits per heavy atom. The minimum atomic E-state index is -4.44. The average molecular weight is 391 g/mol. The van der Waals surface area contributed by atoms with Crippen molar-refractivity contribution in [1.29, 1.82) is 0 Å². The van der Waals surface area contributed by atoms with E-state index >= 15 is 0 Å². The van der Waals surface area contributed by atoms with Crippen LogP contribution in [0.5, 0.6) is 0 Å². The van der Waals surface area contributed by atoms with E-state index in [1.54, 1.807) is 4.90 Å². The van der Waals surface area contributed by atoms with Gasteiger partial charge in [-0.3, -0.25) is 4.79 Å². The molecule has 28 heavy (non-hydrogen) atoms. The summed E-state index contributed by atoms with van der Waals surface area (Å²) in [5, 5.41) is 3.06. The molecule has 0 bridgehead atoms. The van der Waals surface area contributed by atoms with Crippen molar-refractivity contribution in [3.8, 4) is 0 Å². The number of alkyl halides is 3. The third-order valence-corrected chi connectivity index (χ3v) is 5.01. The average Bonchev–Trinajstić information content (AvgIpc) is 3.11. The lowest BCUT2D eigenvalue weighted by molar-refractivity contribution is -0.137. The van der Waals surface area contributed by atoms with Gasteiger partial charge in [-0.05, 0) is 50.1 Å². The van der Waals surface area contributed by atoms with Crippen LogP contribution in [0.25, 0.3) is 0 Å². The van der Waals surface area contributed by atoms with Gasteiger partial charge in [-0.15, -0.1) is 0 Å². The quantitative estimate of drug-likeness (QED) is 0.750. The maximum atomic E-state index is 13.4. The van der Waals surface area contributed by atoms with E-state index in [4.69, 9.17) is 0 Å². The van der Waals surface area contributed by atoms with Crippen LogP contribution in [0.15, 0.2) is 42.5 Å². The lowest BCUT2D eigenvalue weighted by Crippen LogP contribution is -2.30. The molecule has 0 saturated carbocycles. The summed E-state index contributed by atoms with van der Waals surface area (Å²) in [6, 6.07) is 11.8. The predicted molar refractivity (Wildman–Crippen MR) is 105 cm³/mol. The van der Waals surface area contributed by atoms with Gasteiger partial charge in [-0.2, -0.15) is 13.2 Å². The number of aryl methyl sites for hydroxylation is 1. The van der Waals surface area contributed by atoms with E-state index in [1.165, 1.54) is 6.07 Å². The van der Waals surface area contributed by atoms with Crippen molar-refractivity contribution in [3.63, 3.8) is 0 Å². The zero-order valence-electron chi connectivity index (χ0n) is 16.0. The Morgan fingerprint density at radius 2 is 1.82 bits per heavy atom. The summed E-state index contributed by atoms with van der Waals surface area (Å²) in [4.78, 5) is 16.0. The molecule has 0 radical (unpaired) electrons. The maximum absolute atomic E-state index is 13.4. The van der Waals surface area contributed by atoms with Crippen LogP contribution in [0, 0.1) is 0 Å². The molecule has 0 spiro atoms. The molecule has 1 N–H and O–H groups in total. The third-order valence-electron chi connectivity index (χ3n) is 5.01. The van der Waals surface area contributed by atoms with Gasteiger partial charge in [0.05, 0.1) is 23.6 Å². The smallest absolute Gasteiger partial charge is 0.366 e. The van der Waals surface area contributed by atoms with Crippen molar-refractivity contribution in [2.75, 3.05) is 30.0 Å². The Balaban J connectivity index is 1.97. The molecule has 1 heterocycles. The monoisotopic (exact) mass is 391 g/mol. The number of hydrogen-bond donors (Lipinski definition) is 1. The van der Waals surface area contributed by atoms with Crippen LogP contribution in [0.1, 0.15) is 31.4 Å². The van der Waals surface area contributed by atoms with E-state index in [-0.39, 0.29) is 18.7 Å². The van der Waals surface area contributed by atoms with E-state index in [1.807, 2.05) is 49.1 Å². The normalized spacial score (nSPS) is 13.2. The molecule has 0 aliphatic carbocycles. The minimum Gasteiger partial charge on any atom is -0.366 e. The number of nitrogens with one attached hydrogen (secondary N) is 1. The highest BCUT2D eigenvalue weighted by Gasteiger charge is 2.34. The molecule has 1 aliphatic rings. The summed E-state index contributed by atoms with van der Waals surface area (Å²) < 4.78 is 40.1. The van der Waals surface area contributed by atoms with E-state index in [0.717, 1.165) is 11.8 Å². The zero-order valence-corrected chi connectivity index (χ0v) is 16.0. The molecular formula is C21H24F3N3O. The molecule has 150 valence electrons. The number of benzene rings is 2. The van der Waals surface area contributed by atoms with E-state index in [0.29, 0.717) is 36.7 Å². The predicted octanol–water partition coefficient (Wildman–Crippen LogP) is 5.03. The molecule has 1 amide bonds. The van der Waals surface area contributed by atoms with Crippen molar-refractivity contribution in [3.05, 3.63) is 53.6 Å². The van der Waals surface area contributed by atoms with Crippen LogP contribution >= 0.6 is 0 Å². The number of fused-ring (bicyclic) bond motifs is 1. The number of halogens is 3. The van der Waals surface area contributed by atoms with Gasteiger partial charge in [-0.25, -0.2) is 0 Å². The van der Waals surface area contributed by atoms with Crippen LogP contribution in [-0.4, -0.2) is 30.6 Å². The first kappa shape index (κ1) is 20.0. The molecule has 1 aliphatic heterocycles. The molecule has 0 saturated heterocycles. The van der Waals surface area contributed by atoms with Crippen molar-refractivity contribution in [2.45, 2.75) is 32.9 Å². The Morgan fingerprint density at radius 3 is 2.43 bits per heavy atom. The second-order valence-corrected chi connectivity index (χ2v) is 6.69. The number of rotatable bonds is 6. The summed E-state index contributed by atoms with van der Waals surface area (Å²) in [5.41, 5.74) is 1.89. The Bertz CT molecular complexity index is 833. The van der Waals surface area contributed by atoms with E-state index in [2.05, 4.69) is 5.32 Å². The van der Waals surface area contributed by atoms with Crippen molar-refractivity contribution in [2.24, 2.45) is 0 Å². The van der Waals surface area contributed by atoms with Gasteiger partial charge in [0.2, 0.25) is 5.91 Å². The molecule has 0 aromatic heterocycles. The largest absolute Gasteiger partial charge is 0.416 e. The third kappa shape index (κ3) is 4.08. The molecule has 3 rings (SSSR count). The second kappa shape index (κ2) is 8.12. The number of anilines is 3. The highest BCUT2D eigenvalue weighted by molar-refractivity contribution is 5.85. The molecule has 2 aromatic carbocycles. The Labute approximate surface area is 162 Å². The molecule has 2 aromatic rings. The van der Waals surface area contributed by atoms with Gasteiger partial charge in [0.25, 0.3) is 0 Å². The fraction of sp³-hybridized carbons (Fsp3) is 0.381. The number of para-hydroxylation sites is 1. The zero-order chi connectivity index (χ0) is 20.3. The number of hydrogen-bond acceptors (Lipinski definition) is 3. The number of nitrogens with zero attached hydrogens (tertiary/aromatic N) is 2. The van der Waals surface area contributed by atoms with Gasteiger partial charge < -0.3 is 15.1 Å².